The highest BCUT2D eigenvalue weighted by molar-refractivity contribution is 5.83. The zero-order valence-corrected chi connectivity index (χ0v) is 12.8. The van der Waals surface area contributed by atoms with Crippen molar-refractivity contribution < 1.29 is 4.39 Å². The summed E-state index contributed by atoms with van der Waals surface area (Å²) in [7, 11) is 0. The molecule has 0 saturated heterocycles. The lowest BCUT2D eigenvalue weighted by atomic mass is 9.96. The molecule has 0 fully saturated rings. The smallest absolute Gasteiger partial charge is 0.226 e. The molecule has 0 aliphatic heterocycles. The first-order chi connectivity index (χ1) is 10.4. The molecule has 0 atom stereocenters. The van der Waals surface area contributed by atoms with E-state index in [9.17, 15) is 4.39 Å². The van der Waals surface area contributed by atoms with Crippen LogP contribution in [0.4, 0.5) is 10.3 Å². The summed E-state index contributed by atoms with van der Waals surface area (Å²) in [6.07, 6.45) is 3.37. The van der Waals surface area contributed by atoms with E-state index in [1.165, 1.54) is 18.5 Å². The van der Waals surface area contributed by atoms with Crippen molar-refractivity contribution in [1.29, 1.82) is 0 Å². The Kier molecular flexibility index (Phi) is 3.52. The monoisotopic (exact) mass is 299 g/mol. The predicted molar refractivity (Wildman–Crippen MR) is 84.1 cm³/mol. The van der Waals surface area contributed by atoms with Crippen molar-refractivity contribution in [2.45, 2.75) is 32.7 Å². The number of halogens is 1. The van der Waals surface area contributed by atoms with Crippen LogP contribution in [0.15, 0.2) is 30.7 Å². The highest BCUT2D eigenvalue weighted by Gasteiger charge is 2.17. The van der Waals surface area contributed by atoms with Crippen LogP contribution < -0.4 is 5.32 Å². The lowest BCUT2D eigenvalue weighted by Gasteiger charge is -2.16. The van der Waals surface area contributed by atoms with Gasteiger partial charge in [-0.05, 0) is 23.8 Å². The number of aromatic amines is 1. The molecule has 0 saturated carbocycles. The molecule has 0 bridgehead atoms. The van der Waals surface area contributed by atoms with Crippen molar-refractivity contribution >= 4 is 16.9 Å². The molecule has 6 heteroatoms. The first kappa shape index (κ1) is 14.4. The fourth-order valence-corrected chi connectivity index (χ4v) is 2.21. The SMILES string of the molecule is CC(C)(C)c1ncnc(NCc2c[nH]c3ccc(F)cc23)n1. The Morgan fingerprint density at radius 3 is 2.82 bits per heavy atom. The Morgan fingerprint density at radius 2 is 2.05 bits per heavy atom. The Labute approximate surface area is 128 Å². The Morgan fingerprint density at radius 1 is 1.23 bits per heavy atom. The van der Waals surface area contributed by atoms with E-state index < -0.39 is 0 Å². The summed E-state index contributed by atoms with van der Waals surface area (Å²) in [6.45, 7) is 6.66. The minimum atomic E-state index is -0.247. The molecule has 0 unspecified atom stereocenters. The van der Waals surface area contributed by atoms with Gasteiger partial charge in [0.1, 0.15) is 18.0 Å². The molecule has 22 heavy (non-hydrogen) atoms. The first-order valence-corrected chi connectivity index (χ1v) is 7.12. The Hall–Kier alpha value is -2.50. The van der Waals surface area contributed by atoms with Crippen LogP contribution in [0.3, 0.4) is 0 Å². The molecular weight excluding hydrogens is 281 g/mol. The molecule has 0 aliphatic carbocycles. The molecule has 0 spiro atoms. The summed E-state index contributed by atoms with van der Waals surface area (Å²) in [6, 6.07) is 4.70. The van der Waals surface area contributed by atoms with Gasteiger partial charge in [-0.2, -0.15) is 4.98 Å². The molecule has 2 aromatic heterocycles. The standard InChI is InChI=1S/C16H18FN5/c1-16(2,3)14-20-9-21-15(22-14)19-8-10-7-18-13-5-4-11(17)6-12(10)13/h4-7,9,18H,8H2,1-3H3,(H,19,20,21,22). The van der Waals surface area contributed by atoms with Crippen molar-refractivity contribution in [2.24, 2.45) is 0 Å². The van der Waals surface area contributed by atoms with Gasteiger partial charge in [-0.1, -0.05) is 20.8 Å². The van der Waals surface area contributed by atoms with Crippen molar-refractivity contribution in [1.82, 2.24) is 19.9 Å². The summed E-state index contributed by atoms with van der Waals surface area (Å²) >= 11 is 0. The highest BCUT2D eigenvalue weighted by atomic mass is 19.1. The van der Waals surface area contributed by atoms with Crippen LogP contribution >= 0.6 is 0 Å². The maximum Gasteiger partial charge on any atom is 0.226 e. The topological polar surface area (TPSA) is 66.5 Å². The number of rotatable bonds is 3. The van der Waals surface area contributed by atoms with Crippen LogP contribution in [-0.4, -0.2) is 19.9 Å². The van der Waals surface area contributed by atoms with E-state index in [-0.39, 0.29) is 11.2 Å². The average molecular weight is 299 g/mol. The normalized spacial score (nSPS) is 11.8. The second-order valence-electron chi connectivity index (χ2n) is 6.24. The van der Waals surface area contributed by atoms with E-state index in [4.69, 9.17) is 0 Å². The predicted octanol–water partition coefficient (Wildman–Crippen LogP) is 3.40. The molecule has 114 valence electrons. The van der Waals surface area contributed by atoms with E-state index in [1.54, 1.807) is 6.07 Å². The molecule has 2 N–H and O–H groups in total. The van der Waals surface area contributed by atoms with Crippen LogP contribution in [0, 0.1) is 5.82 Å². The third-order valence-corrected chi connectivity index (χ3v) is 3.41. The van der Waals surface area contributed by atoms with Crippen LogP contribution in [0.25, 0.3) is 10.9 Å². The second-order valence-corrected chi connectivity index (χ2v) is 6.24. The summed E-state index contributed by atoms with van der Waals surface area (Å²) < 4.78 is 13.4. The van der Waals surface area contributed by atoms with Gasteiger partial charge in [0.2, 0.25) is 5.95 Å². The number of nitrogens with zero attached hydrogens (tertiary/aromatic N) is 3. The van der Waals surface area contributed by atoms with Gasteiger partial charge < -0.3 is 10.3 Å². The van der Waals surface area contributed by atoms with Gasteiger partial charge >= 0.3 is 0 Å². The fourth-order valence-electron chi connectivity index (χ4n) is 2.21. The number of fused-ring (bicyclic) bond motifs is 1. The lowest BCUT2D eigenvalue weighted by molar-refractivity contribution is 0.542. The molecular formula is C16H18FN5. The van der Waals surface area contributed by atoms with Crippen molar-refractivity contribution in [3.05, 3.63) is 47.9 Å². The van der Waals surface area contributed by atoms with Gasteiger partial charge in [0, 0.05) is 29.1 Å². The number of nitrogens with one attached hydrogen (secondary N) is 2. The van der Waals surface area contributed by atoms with Gasteiger partial charge in [-0.15, -0.1) is 0 Å². The van der Waals surface area contributed by atoms with Gasteiger partial charge in [0.05, 0.1) is 0 Å². The van der Waals surface area contributed by atoms with Gasteiger partial charge in [-0.3, -0.25) is 0 Å². The Bertz CT molecular complexity index is 804. The van der Waals surface area contributed by atoms with Crippen molar-refractivity contribution in [3.63, 3.8) is 0 Å². The lowest BCUT2D eigenvalue weighted by Crippen LogP contribution is -2.17. The molecule has 0 amide bonds. The number of anilines is 1. The molecule has 3 aromatic rings. The maximum absolute atomic E-state index is 13.4. The maximum atomic E-state index is 13.4. The molecule has 0 radical (unpaired) electrons. The third-order valence-electron chi connectivity index (χ3n) is 3.41. The number of hydrogen-bond acceptors (Lipinski definition) is 4. The van der Waals surface area contributed by atoms with Gasteiger partial charge in [0.15, 0.2) is 0 Å². The van der Waals surface area contributed by atoms with Gasteiger partial charge in [-0.25, -0.2) is 14.4 Å². The minimum Gasteiger partial charge on any atom is -0.361 e. The summed E-state index contributed by atoms with van der Waals surface area (Å²) in [4.78, 5) is 15.9. The largest absolute Gasteiger partial charge is 0.361 e. The molecule has 3 rings (SSSR count). The third kappa shape index (κ3) is 2.90. The number of H-pyrrole nitrogens is 1. The van der Waals surface area contributed by atoms with Crippen LogP contribution in [0.1, 0.15) is 32.2 Å². The van der Waals surface area contributed by atoms with Crippen LogP contribution in [0.5, 0.6) is 0 Å². The average Bonchev–Trinajstić information content (AvgIpc) is 2.87. The van der Waals surface area contributed by atoms with Gasteiger partial charge in [0.25, 0.3) is 0 Å². The van der Waals surface area contributed by atoms with E-state index in [0.717, 1.165) is 22.3 Å². The second kappa shape index (κ2) is 5.36. The summed E-state index contributed by atoms with van der Waals surface area (Å²) in [5, 5.41) is 4.03. The highest BCUT2D eigenvalue weighted by Crippen LogP contribution is 2.21. The fraction of sp³-hybridized carbons (Fsp3) is 0.312. The zero-order chi connectivity index (χ0) is 15.7. The summed E-state index contributed by atoms with van der Waals surface area (Å²) in [5.74, 6) is 1.00. The van der Waals surface area contributed by atoms with E-state index in [1.807, 2.05) is 6.20 Å². The Balaban J connectivity index is 1.81. The quantitative estimate of drug-likeness (QED) is 0.778. The number of hydrogen-bond donors (Lipinski definition) is 2. The van der Waals surface area contributed by atoms with Crippen molar-refractivity contribution in [3.8, 4) is 0 Å². The molecule has 5 nitrogen and oxygen atoms in total. The van der Waals surface area contributed by atoms with E-state index in [0.29, 0.717) is 12.5 Å². The van der Waals surface area contributed by atoms with Crippen molar-refractivity contribution in [2.75, 3.05) is 5.32 Å². The van der Waals surface area contributed by atoms with E-state index in [2.05, 4.69) is 46.0 Å². The number of aromatic nitrogens is 4. The molecule has 2 heterocycles. The zero-order valence-electron chi connectivity index (χ0n) is 12.8. The molecule has 0 aliphatic rings. The van der Waals surface area contributed by atoms with Crippen LogP contribution in [0.2, 0.25) is 0 Å². The number of benzene rings is 1. The van der Waals surface area contributed by atoms with Crippen LogP contribution in [-0.2, 0) is 12.0 Å². The van der Waals surface area contributed by atoms with E-state index >= 15 is 0 Å². The summed E-state index contributed by atoms with van der Waals surface area (Å²) in [5.41, 5.74) is 1.74. The minimum absolute atomic E-state index is 0.136. The first-order valence-electron chi connectivity index (χ1n) is 7.12. The molecule has 1 aromatic carbocycles.